The number of urea groups is 1. The van der Waals surface area contributed by atoms with E-state index in [1.54, 1.807) is 11.3 Å². The fourth-order valence-corrected chi connectivity index (χ4v) is 2.92. The number of ether oxygens (including phenoxy) is 1. The first-order valence-corrected chi connectivity index (χ1v) is 7.20. The van der Waals surface area contributed by atoms with Crippen molar-refractivity contribution in [1.29, 1.82) is 0 Å². The monoisotopic (exact) mass is 268 g/mol. The number of carbonyl (C=O) groups is 1. The van der Waals surface area contributed by atoms with Crippen molar-refractivity contribution in [3.05, 3.63) is 17.0 Å². The Hall–Kier alpha value is -1.07. The number of carbonyl (C=O) groups excluding carboxylic acids is 1. The minimum Gasteiger partial charge on any atom is -0.378 e. The third-order valence-corrected chi connectivity index (χ3v) is 3.91. The zero-order valence-corrected chi connectivity index (χ0v) is 11.7. The smallest absolute Gasteiger partial charge is 0.320 e. The van der Waals surface area contributed by atoms with Gasteiger partial charge in [-0.25, -0.2) is 4.79 Å². The van der Waals surface area contributed by atoms with Crippen molar-refractivity contribution in [2.75, 3.05) is 11.9 Å². The molecule has 5 heteroatoms. The highest BCUT2D eigenvalue weighted by molar-refractivity contribution is 7.16. The summed E-state index contributed by atoms with van der Waals surface area (Å²) < 4.78 is 5.56. The highest BCUT2D eigenvalue weighted by Gasteiger charge is 2.19. The molecule has 2 atom stereocenters. The van der Waals surface area contributed by atoms with Crippen molar-refractivity contribution >= 4 is 22.4 Å². The number of anilines is 1. The Morgan fingerprint density at radius 3 is 3.06 bits per heavy atom. The quantitative estimate of drug-likeness (QED) is 0.881. The summed E-state index contributed by atoms with van der Waals surface area (Å²) in [6.45, 7) is 4.90. The number of amides is 2. The molecule has 18 heavy (non-hydrogen) atoms. The molecule has 0 unspecified atom stereocenters. The van der Waals surface area contributed by atoms with Crippen LogP contribution in [-0.2, 0) is 4.74 Å². The van der Waals surface area contributed by atoms with Gasteiger partial charge in [0.2, 0.25) is 0 Å². The zero-order valence-electron chi connectivity index (χ0n) is 10.9. The predicted molar refractivity (Wildman–Crippen MR) is 74.3 cm³/mol. The molecule has 1 fully saturated rings. The van der Waals surface area contributed by atoms with Gasteiger partial charge in [-0.1, -0.05) is 0 Å². The summed E-state index contributed by atoms with van der Waals surface area (Å²) in [5, 5.41) is 6.67. The second-order valence-corrected chi connectivity index (χ2v) is 6.07. The van der Waals surface area contributed by atoms with Crippen LogP contribution in [0.4, 0.5) is 9.80 Å². The van der Waals surface area contributed by atoms with E-state index in [0.29, 0.717) is 6.10 Å². The van der Waals surface area contributed by atoms with E-state index in [4.69, 9.17) is 4.74 Å². The van der Waals surface area contributed by atoms with Crippen LogP contribution in [0.3, 0.4) is 0 Å². The highest BCUT2D eigenvalue weighted by Crippen LogP contribution is 2.20. The Morgan fingerprint density at radius 2 is 2.44 bits per heavy atom. The molecular formula is C13H20N2O2S. The molecular weight excluding hydrogens is 248 g/mol. The summed E-state index contributed by atoms with van der Waals surface area (Å²) in [6, 6.07) is 3.91. The largest absolute Gasteiger partial charge is 0.378 e. The van der Waals surface area contributed by atoms with Crippen molar-refractivity contribution < 1.29 is 9.53 Å². The van der Waals surface area contributed by atoms with Gasteiger partial charge in [-0.05, 0) is 45.2 Å². The molecule has 1 aliphatic rings. The Morgan fingerprint density at radius 1 is 1.61 bits per heavy atom. The zero-order chi connectivity index (χ0) is 13.0. The maximum absolute atomic E-state index is 11.7. The molecule has 0 aromatic carbocycles. The van der Waals surface area contributed by atoms with Gasteiger partial charge in [-0.3, -0.25) is 5.32 Å². The number of thiophene rings is 1. The molecule has 4 nitrogen and oxygen atoms in total. The number of aryl methyl sites for hydroxylation is 1. The molecule has 1 aromatic heterocycles. The minimum atomic E-state index is -0.137. The average Bonchev–Trinajstić information content (AvgIpc) is 2.90. The lowest BCUT2D eigenvalue weighted by Gasteiger charge is -2.17. The molecule has 1 aromatic rings. The van der Waals surface area contributed by atoms with Crippen molar-refractivity contribution in [2.24, 2.45) is 0 Å². The van der Waals surface area contributed by atoms with E-state index in [1.165, 1.54) is 4.88 Å². The summed E-state index contributed by atoms with van der Waals surface area (Å²) in [5.41, 5.74) is 0. The van der Waals surface area contributed by atoms with Crippen molar-refractivity contribution in [3.8, 4) is 0 Å². The van der Waals surface area contributed by atoms with E-state index in [0.717, 1.165) is 30.9 Å². The van der Waals surface area contributed by atoms with Gasteiger partial charge < -0.3 is 10.1 Å². The van der Waals surface area contributed by atoms with E-state index < -0.39 is 0 Å². The Kier molecular flexibility index (Phi) is 4.60. The Labute approximate surface area is 112 Å². The van der Waals surface area contributed by atoms with E-state index in [-0.39, 0.29) is 12.1 Å². The van der Waals surface area contributed by atoms with Crippen LogP contribution in [0.1, 0.15) is 31.1 Å². The average molecular weight is 268 g/mol. The Bertz CT molecular complexity index is 399. The van der Waals surface area contributed by atoms with Gasteiger partial charge in [0.05, 0.1) is 11.1 Å². The van der Waals surface area contributed by atoms with Crippen LogP contribution >= 0.6 is 11.3 Å². The third kappa shape index (κ3) is 3.99. The first kappa shape index (κ1) is 13.4. The Balaban J connectivity index is 1.72. The lowest BCUT2D eigenvalue weighted by atomic mass is 10.1. The predicted octanol–water partition coefficient (Wildman–Crippen LogP) is 3.14. The first-order valence-electron chi connectivity index (χ1n) is 6.39. The van der Waals surface area contributed by atoms with Gasteiger partial charge in [-0.15, -0.1) is 11.3 Å². The second kappa shape index (κ2) is 6.20. The molecule has 1 saturated heterocycles. The standard InChI is InChI=1S/C13H20N2O2S/c1-9(8-11-4-3-7-17-11)14-13(16)15-12-6-5-10(2)18-12/h5-6,9,11H,3-4,7-8H2,1-2H3,(H2,14,15,16)/t9-,11+/m1/s1. The summed E-state index contributed by atoms with van der Waals surface area (Å²) in [7, 11) is 0. The van der Waals surface area contributed by atoms with E-state index in [9.17, 15) is 4.79 Å². The summed E-state index contributed by atoms with van der Waals surface area (Å²) >= 11 is 1.58. The fourth-order valence-electron chi connectivity index (χ4n) is 2.16. The minimum absolute atomic E-state index is 0.133. The van der Waals surface area contributed by atoms with Crippen molar-refractivity contribution in [3.63, 3.8) is 0 Å². The number of hydrogen-bond acceptors (Lipinski definition) is 3. The van der Waals surface area contributed by atoms with Gasteiger partial charge in [-0.2, -0.15) is 0 Å². The molecule has 0 aliphatic carbocycles. The molecule has 2 rings (SSSR count). The molecule has 1 aliphatic heterocycles. The highest BCUT2D eigenvalue weighted by atomic mass is 32.1. The molecule has 0 saturated carbocycles. The molecule has 0 spiro atoms. The lowest BCUT2D eigenvalue weighted by molar-refractivity contribution is 0.0973. The van der Waals surface area contributed by atoms with Crippen LogP contribution < -0.4 is 10.6 Å². The number of nitrogens with one attached hydrogen (secondary N) is 2. The molecule has 100 valence electrons. The van der Waals surface area contributed by atoms with Gasteiger partial charge in [0.15, 0.2) is 0 Å². The molecule has 2 heterocycles. The SMILES string of the molecule is Cc1ccc(NC(=O)N[C@H](C)C[C@@H]2CCCO2)s1. The maximum Gasteiger partial charge on any atom is 0.320 e. The molecule has 0 bridgehead atoms. The van der Waals surface area contributed by atoms with Gasteiger partial charge >= 0.3 is 6.03 Å². The van der Waals surface area contributed by atoms with Gasteiger partial charge in [0.25, 0.3) is 0 Å². The van der Waals surface area contributed by atoms with E-state index in [1.807, 2.05) is 26.0 Å². The van der Waals surface area contributed by atoms with Crippen LogP contribution in [0.15, 0.2) is 12.1 Å². The number of hydrogen-bond donors (Lipinski definition) is 2. The van der Waals surface area contributed by atoms with E-state index in [2.05, 4.69) is 10.6 Å². The van der Waals surface area contributed by atoms with Crippen molar-refractivity contribution in [2.45, 2.75) is 45.3 Å². The van der Waals surface area contributed by atoms with Crippen LogP contribution in [0, 0.1) is 6.92 Å². The summed E-state index contributed by atoms with van der Waals surface area (Å²) in [4.78, 5) is 12.9. The lowest BCUT2D eigenvalue weighted by Crippen LogP contribution is -2.37. The van der Waals surface area contributed by atoms with Crippen LogP contribution in [0.2, 0.25) is 0 Å². The van der Waals surface area contributed by atoms with Gasteiger partial charge in [0.1, 0.15) is 0 Å². The topological polar surface area (TPSA) is 50.4 Å². The van der Waals surface area contributed by atoms with Crippen LogP contribution in [0.5, 0.6) is 0 Å². The summed E-state index contributed by atoms with van der Waals surface area (Å²) in [5.74, 6) is 0. The van der Waals surface area contributed by atoms with E-state index >= 15 is 0 Å². The second-order valence-electron chi connectivity index (χ2n) is 4.78. The van der Waals surface area contributed by atoms with Gasteiger partial charge in [0, 0.05) is 17.5 Å². The third-order valence-electron chi connectivity index (χ3n) is 3.00. The molecule has 2 amide bonds. The fraction of sp³-hybridized carbons (Fsp3) is 0.615. The maximum atomic E-state index is 11.7. The molecule has 0 radical (unpaired) electrons. The first-order chi connectivity index (χ1) is 8.63. The van der Waals surface area contributed by atoms with Crippen LogP contribution in [-0.4, -0.2) is 24.8 Å². The molecule has 2 N–H and O–H groups in total. The summed E-state index contributed by atoms with van der Waals surface area (Å²) in [6.07, 6.45) is 3.44. The number of rotatable bonds is 4. The normalized spacial score (nSPS) is 20.7. The van der Waals surface area contributed by atoms with Crippen molar-refractivity contribution in [1.82, 2.24) is 5.32 Å². The van der Waals surface area contributed by atoms with Crippen LogP contribution in [0.25, 0.3) is 0 Å².